The molecule has 0 spiro atoms. The quantitative estimate of drug-likeness (QED) is 0.482. The molecule has 0 aromatic carbocycles. The zero-order valence-electron chi connectivity index (χ0n) is 14.6. The van der Waals surface area contributed by atoms with Crippen LogP contribution in [0.3, 0.4) is 0 Å². The van der Waals surface area contributed by atoms with Gasteiger partial charge in [-0.1, -0.05) is 78.1 Å². The summed E-state index contributed by atoms with van der Waals surface area (Å²) in [6, 6.07) is 0. The Kier molecular flexibility index (Phi) is 9.50. The summed E-state index contributed by atoms with van der Waals surface area (Å²) >= 11 is 0. The molecule has 0 aromatic heterocycles. The first-order valence-electron chi connectivity index (χ1n) is 8.33. The summed E-state index contributed by atoms with van der Waals surface area (Å²) in [6.45, 7) is 13.4. The van der Waals surface area contributed by atoms with E-state index in [1.807, 2.05) is 0 Å². The molecule has 20 heavy (non-hydrogen) atoms. The standard InChI is InChI=1S/C20H34/c1-8-11-18(5)16-19(6)13-15-20(7,9-2)14-10-12-17(3)4/h2,17-19H,8,10-12,14,16H2,1,3-7H3. The Labute approximate surface area is 128 Å². The molecule has 0 amide bonds. The lowest BCUT2D eigenvalue weighted by atomic mass is 9.84. The molecule has 114 valence electrons. The van der Waals surface area contributed by atoms with Gasteiger partial charge >= 0.3 is 0 Å². The van der Waals surface area contributed by atoms with Gasteiger partial charge in [0.2, 0.25) is 0 Å². The third-order valence-electron chi connectivity index (χ3n) is 3.91. The first kappa shape index (κ1) is 19.1. The fraction of sp³-hybridized carbons (Fsp3) is 0.800. The van der Waals surface area contributed by atoms with Crippen LogP contribution in [0.4, 0.5) is 0 Å². The van der Waals surface area contributed by atoms with Crippen molar-refractivity contribution in [1.29, 1.82) is 0 Å². The Balaban J connectivity index is 4.40. The summed E-state index contributed by atoms with van der Waals surface area (Å²) in [4.78, 5) is 0. The highest BCUT2D eigenvalue weighted by Gasteiger charge is 2.18. The number of hydrogen-bond donors (Lipinski definition) is 0. The Hall–Kier alpha value is -0.880. The summed E-state index contributed by atoms with van der Waals surface area (Å²) < 4.78 is 0. The molecule has 0 aromatic rings. The summed E-state index contributed by atoms with van der Waals surface area (Å²) in [7, 11) is 0. The van der Waals surface area contributed by atoms with Crippen LogP contribution in [0.1, 0.15) is 80.1 Å². The molecular weight excluding hydrogens is 240 g/mol. The van der Waals surface area contributed by atoms with E-state index < -0.39 is 0 Å². The van der Waals surface area contributed by atoms with Crippen molar-refractivity contribution in [2.75, 3.05) is 0 Å². The van der Waals surface area contributed by atoms with Crippen LogP contribution in [-0.4, -0.2) is 0 Å². The highest BCUT2D eigenvalue weighted by Crippen LogP contribution is 2.24. The van der Waals surface area contributed by atoms with Gasteiger partial charge in [0.25, 0.3) is 0 Å². The van der Waals surface area contributed by atoms with E-state index in [4.69, 9.17) is 6.42 Å². The highest BCUT2D eigenvalue weighted by atomic mass is 14.2. The zero-order valence-corrected chi connectivity index (χ0v) is 14.6. The summed E-state index contributed by atoms with van der Waals surface area (Å²) in [5, 5.41) is 0. The van der Waals surface area contributed by atoms with Crippen LogP contribution in [0.2, 0.25) is 0 Å². The molecule has 0 bridgehead atoms. The minimum Gasteiger partial charge on any atom is -0.118 e. The molecule has 0 fully saturated rings. The fourth-order valence-corrected chi connectivity index (χ4v) is 2.59. The molecule has 0 N–H and O–H groups in total. The van der Waals surface area contributed by atoms with E-state index in [1.54, 1.807) is 0 Å². The Morgan fingerprint density at radius 1 is 1.10 bits per heavy atom. The van der Waals surface area contributed by atoms with Crippen LogP contribution < -0.4 is 0 Å². The Morgan fingerprint density at radius 2 is 1.75 bits per heavy atom. The van der Waals surface area contributed by atoms with Crippen LogP contribution in [0, 0.1) is 47.4 Å². The third-order valence-corrected chi connectivity index (χ3v) is 3.91. The van der Waals surface area contributed by atoms with Gasteiger partial charge in [-0.05, 0) is 31.6 Å². The molecule has 0 aliphatic rings. The lowest BCUT2D eigenvalue weighted by Crippen LogP contribution is -2.12. The highest BCUT2D eigenvalue weighted by molar-refractivity contribution is 5.23. The molecule has 0 heterocycles. The lowest BCUT2D eigenvalue weighted by Gasteiger charge is -2.18. The van der Waals surface area contributed by atoms with E-state index in [0.717, 1.165) is 18.3 Å². The predicted octanol–water partition coefficient (Wildman–Crippen LogP) is 5.92. The maximum atomic E-state index is 5.71. The number of hydrogen-bond acceptors (Lipinski definition) is 0. The third kappa shape index (κ3) is 9.09. The van der Waals surface area contributed by atoms with Crippen molar-refractivity contribution in [2.24, 2.45) is 23.2 Å². The average molecular weight is 274 g/mol. The monoisotopic (exact) mass is 274 g/mol. The first-order chi connectivity index (χ1) is 9.33. The van der Waals surface area contributed by atoms with E-state index >= 15 is 0 Å². The molecule has 0 saturated carbocycles. The zero-order chi connectivity index (χ0) is 15.6. The van der Waals surface area contributed by atoms with Crippen LogP contribution in [0.15, 0.2) is 0 Å². The first-order valence-corrected chi connectivity index (χ1v) is 8.33. The van der Waals surface area contributed by atoms with E-state index in [-0.39, 0.29) is 5.41 Å². The second-order valence-corrected chi connectivity index (χ2v) is 7.06. The molecule has 0 radical (unpaired) electrons. The molecule has 0 aliphatic heterocycles. The van der Waals surface area contributed by atoms with E-state index in [2.05, 4.69) is 59.3 Å². The second-order valence-electron chi connectivity index (χ2n) is 7.06. The van der Waals surface area contributed by atoms with E-state index in [1.165, 1.54) is 32.1 Å². The van der Waals surface area contributed by atoms with Gasteiger partial charge in [0.05, 0.1) is 5.41 Å². The smallest absolute Gasteiger partial charge is 0.0888 e. The van der Waals surface area contributed by atoms with Crippen molar-refractivity contribution in [1.82, 2.24) is 0 Å². The second kappa shape index (κ2) is 9.94. The van der Waals surface area contributed by atoms with Crippen LogP contribution in [0.25, 0.3) is 0 Å². The lowest BCUT2D eigenvalue weighted by molar-refractivity contribution is 0.437. The van der Waals surface area contributed by atoms with Gasteiger partial charge in [-0.25, -0.2) is 0 Å². The minimum atomic E-state index is -0.239. The molecule has 0 rings (SSSR count). The van der Waals surface area contributed by atoms with Crippen molar-refractivity contribution in [3.8, 4) is 24.2 Å². The SMILES string of the molecule is C#CC(C)(C#CC(C)CC(C)CCC)CCCC(C)C. The van der Waals surface area contributed by atoms with Gasteiger partial charge in [-0.2, -0.15) is 0 Å². The van der Waals surface area contributed by atoms with Crippen LogP contribution >= 0.6 is 0 Å². The average Bonchev–Trinajstić information content (AvgIpc) is 2.36. The van der Waals surface area contributed by atoms with Crippen molar-refractivity contribution in [2.45, 2.75) is 80.1 Å². The fourth-order valence-electron chi connectivity index (χ4n) is 2.59. The maximum Gasteiger partial charge on any atom is 0.0888 e. The van der Waals surface area contributed by atoms with Gasteiger partial charge in [0.1, 0.15) is 0 Å². The summed E-state index contributed by atoms with van der Waals surface area (Å²) in [5.74, 6) is 11.7. The normalized spacial score (nSPS) is 16.7. The topological polar surface area (TPSA) is 0 Å². The van der Waals surface area contributed by atoms with E-state index in [0.29, 0.717) is 5.92 Å². The molecule has 3 atom stereocenters. The largest absolute Gasteiger partial charge is 0.118 e. The molecule has 3 unspecified atom stereocenters. The van der Waals surface area contributed by atoms with Crippen molar-refractivity contribution in [3.63, 3.8) is 0 Å². The Morgan fingerprint density at radius 3 is 2.25 bits per heavy atom. The van der Waals surface area contributed by atoms with Crippen LogP contribution in [0.5, 0.6) is 0 Å². The summed E-state index contributed by atoms with van der Waals surface area (Å²) in [5.41, 5.74) is -0.239. The van der Waals surface area contributed by atoms with Gasteiger partial charge < -0.3 is 0 Å². The number of rotatable bonds is 8. The van der Waals surface area contributed by atoms with Crippen molar-refractivity contribution < 1.29 is 0 Å². The maximum absolute atomic E-state index is 5.71. The molecule has 0 aliphatic carbocycles. The Bertz CT molecular complexity index is 346. The number of terminal acetylenes is 1. The van der Waals surface area contributed by atoms with Crippen molar-refractivity contribution in [3.05, 3.63) is 0 Å². The van der Waals surface area contributed by atoms with Gasteiger partial charge in [-0.3, -0.25) is 0 Å². The molecule has 0 nitrogen and oxygen atoms in total. The molecule has 0 heteroatoms. The van der Waals surface area contributed by atoms with Crippen LogP contribution in [-0.2, 0) is 0 Å². The van der Waals surface area contributed by atoms with Gasteiger partial charge in [0, 0.05) is 5.92 Å². The minimum absolute atomic E-state index is 0.239. The predicted molar refractivity (Wildman–Crippen MR) is 91.3 cm³/mol. The van der Waals surface area contributed by atoms with E-state index in [9.17, 15) is 0 Å². The van der Waals surface area contributed by atoms with Gasteiger partial charge in [-0.15, -0.1) is 6.42 Å². The van der Waals surface area contributed by atoms with Gasteiger partial charge in [0.15, 0.2) is 0 Å². The summed E-state index contributed by atoms with van der Waals surface area (Å²) in [6.07, 6.45) is 12.9. The molecular formula is C20H34. The van der Waals surface area contributed by atoms with Crippen molar-refractivity contribution >= 4 is 0 Å². The molecule has 0 saturated heterocycles.